The number of halogens is 4. The number of fused-ring (bicyclic) bond motifs is 1. The molecule has 0 spiro atoms. The Labute approximate surface area is 181 Å². The molecule has 5 nitrogen and oxygen atoms in total. The number of pyridine rings is 1. The molecule has 1 aromatic carbocycles. The minimum Gasteiger partial charge on any atom is -0.363 e. The monoisotopic (exact) mass is 446 g/mol. The molecule has 6 rings (SSSR count). The molecule has 2 aromatic heterocycles. The molecule has 168 valence electrons. The summed E-state index contributed by atoms with van der Waals surface area (Å²) in [6.45, 7) is 3.96. The predicted molar refractivity (Wildman–Crippen MR) is 112 cm³/mol. The third-order valence-corrected chi connectivity index (χ3v) is 6.61. The highest BCUT2D eigenvalue weighted by molar-refractivity contribution is 5.88. The van der Waals surface area contributed by atoms with E-state index in [0.717, 1.165) is 6.07 Å². The SMILES string of the molecule is Cc1nc(N[C@H](C)c2cccc(C(C)(F)F)c2F)c2cn(C34CC(F)(C3)C4)c(=O)cc2n1. The number of nitrogens with one attached hydrogen (secondary N) is 1. The highest BCUT2D eigenvalue weighted by atomic mass is 19.3. The molecule has 0 amide bonds. The van der Waals surface area contributed by atoms with E-state index in [1.54, 1.807) is 24.6 Å². The van der Waals surface area contributed by atoms with Gasteiger partial charge >= 0.3 is 0 Å². The normalized spacial score (nSPS) is 25.2. The number of aromatic nitrogens is 3. The fourth-order valence-corrected chi connectivity index (χ4v) is 5.08. The Kier molecular flexibility index (Phi) is 4.26. The maximum atomic E-state index is 14.8. The van der Waals surface area contributed by atoms with Crippen LogP contribution in [0.15, 0.2) is 35.3 Å². The summed E-state index contributed by atoms with van der Waals surface area (Å²) in [6.07, 6.45) is 2.54. The fourth-order valence-electron chi connectivity index (χ4n) is 5.08. The Morgan fingerprint density at radius 1 is 1.22 bits per heavy atom. The summed E-state index contributed by atoms with van der Waals surface area (Å²) in [4.78, 5) is 21.4. The second-order valence-electron chi connectivity index (χ2n) is 9.27. The van der Waals surface area contributed by atoms with Gasteiger partial charge in [-0.15, -0.1) is 0 Å². The zero-order chi connectivity index (χ0) is 23.1. The second-order valence-corrected chi connectivity index (χ2v) is 9.27. The van der Waals surface area contributed by atoms with E-state index in [9.17, 15) is 22.4 Å². The van der Waals surface area contributed by atoms with Gasteiger partial charge in [0.1, 0.15) is 23.1 Å². The van der Waals surface area contributed by atoms with E-state index >= 15 is 0 Å². The van der Waals surface area contributed by atoms with Crippen molar-refractivity contribution >= 4 is 16.7 Å². The van der Waals surface area contributed by atoms with Gasteiger partial charge in [0.25, 0.3) is 11.5 Å². The number of anilines is 1. The van der Waals surface area contributed by atoms with Crippen LogP contribution in [0, 0.1) is 12.7 Å². The van der Waals surface area contributed by atoms with Crippen molar-refractivity contribution in [3.63, 3.8) is 0 Å². The van der Waals surface area contributed by atoms with Gasteiger partial charge < -0.3 is 9.88 Å². The van der Waals surface area contributed by atoms with E-state index in [4.69, 9.17) is 0 Å². The molecule has 32 heavy (non-hydrogen) atoms. The van der Waals surface area contributed by atoms with Crippen LogP contribution in [0.1, 0.15) is 56.1 Å². The molecule has 0 radical (unpaired) electrons. The zero-order valence-corrected chi connectivity index (χ0v) is 17.8. The molecule has 0 aliphatic heterocycles. The maximum Gasteiger partial charge on any atom is 0.273 e. The summed E-state index contributed by atoms with van der Waals surface area (Å²) in [6, 6.07) is 4.59. The summed E-state index contributed by atoms with van der Waals surface area (Å²) < 4.78 is 58.0. The molecular weight excluding hydrogens is 424 g/mol. The van der Waals surface area contributed by atoms with Crippen LogP contribution in [0.25, 0.3) is 10.9 Å². The molecule has 3 aliphatic carbocycles. The molecule has 3 aliphatic rings. The predicted octanol–water partition coefficient (Wildman–Crippen LogP) is 5.12. The third-order valence-electron chi connectivity index (χ3n) is 6.61. The van der Waals surface area contributed by atoms with Gasteiger partial charge in [-0.05, 0) is 13.8 Å². The van der Waals surface area contributed by atoms with Gasteiger partial charge in [0, 0.05) is 44.0 Å². The van der Waals surface area contributed by atoms with Gasteiger partial charge in [-0.25, -0.2) is 27.5 Å². The molecule has 3 aromatic rings. The van der Waals surface area contributed by atoms with Crippen LogP contribution >= 0.6 is 0 Å². The molecule has 9 heteroatoms. The van der Waals surface area contributed by atoms with Gasteiger partial charge in [-0.2, -0.15) is 0 Å². The maximum absolute atomic E-state index is 14.8. The van der Waals surface area contributed by atoms with Crippen LogP contribution in [0.4, 0.5) is 23.4 Å². The van der Waals surface area contributed by atoms with E-state index in [1.165, 1.54) is 18.2 Å². The van der Waals surface area contributed by atoms with Gasteiger partial charge in [0.2, 0.25) is 0 Å². The lowest BCUT2D eigenvalue weighted by Gasteiger charge is -2.66. The molecule has 2 bridgehead atoms. The fraction of sp³-hybridized carbons (Fsp3) is 0.435. The quantitative estimate of drug-likeness (QED) is 0.553. The summed E-state index contributed by atoms with van der Waals surface area (Å²) >= 11 is 0. The van der Waals surface area contributed by atoms with Crippen molar-refractivity contribution in [2.24, 2.45) is 0 Å². The number of benzene rings is 1. The number of nitrogens with zero attached hydrogens (tertiary/aromatic N) is 3. The summed E-state index contributed by atoms with van der Waals surface area (Å²) in [7, 11) is 0. The van der Waals surface area contributed by atoms with Gasteiger partial charge in [0.15, 0.2) is 0 Å². The zero-order valence-electron chi connectivity index (χ0n) is 17.8. The largest absolute Gasteiger partial charge is 0.363 e. The Bertz CT molecular complexity index is 1290. The molecule has 2 heterocycles. The van der Waals surface area contributed by atoms with Crippen molar-refractivity contribution in [3.8, 4) is 0 Å². The first-order chi connectivity index (χ1) is 14.9. The van der Waals surface area contributed by atoms with Crippen LogP contribution in [0.5, 0.6) is 0 Å². The lowest BCUT2D eigenvalue weighted by Crippen LogP contribution is -2.71. The lowest BCUT2D eigenvalue weighted by molar-refractivity contribution is -0.199. The summed E-state index contributed by atoms with van der Waals surface area (Å²) in [5, 5.41) is 3.62. The number of hydrogen-bond donors (Lipinski definition) is 1. The van der Waals surface area contributed by atoms with Crippen LogP contribution in [-0.2, 0) is 11.5 Å². The van der Waals surface area contributed by atoms with E-state index in [-0.39, 0.29) is 11.1 Å². The Balaban J connectivity index is 1.55. The van der Waals surface area contributed by atoms with Crippen LogP contribution in [-0.4, -0.2) is 20.2 Å². The molecule has 0 unspecified atom stereocenters. The first-order valence-corrected chi connectivity index (χ1v) is 10.4. The number of hydrogen-bond acceptors (Lipinski definition) is 4. The standard InChI is InChI=1S/C23H22F4N4O/c1-12(14-5-4-6-16(19(14)24)21(3,25)26)28-20-15-8-31(23-9-22(27,10-23)11-23)18(32)7-17(15)29-13(2)30-20/h4-8,12H,9-11H2,1-3H3,(H,28,29,30)/t12-,22?,23?/m1/s1. The minimum atomic E-state index is -3.31. The van der Waals surface area contributed by atoms with E-state index in [0.29, 0.717) is 48.7 Å². The third kappa shape index (κ3) is 3.09. The highest BCUT2D eigenvalue weighted by Crippen LogP contribution is 2.67. The molecule has 1 atom stereocenters. The Morgan fingerprint density at radius 2 is 1.91 bits per heavy atom. The first-order valence-electron chi connectivity index (χ1n) is 10.4. The van der Waals surface area contributed by atoms with Crippen molar-refractivity contribution in [2.75, 3.05) is 5.32 Å². The van der Waals surface area contributed by atoms with Gasteiger partial charge in [-0.3, -0.25) is 4.79 Å². The van der Waals surface area contributed by atoms with E-state index in [1.807, 2.05) is 0 Å². The van der Waals surface area contributed by atoms with Crippen molar-refractivity contribution in [1.29, 1.82) is 0 Å². The molecule has 0 saturated heterocycles. The molecule has 1 N–H and O–H groups in total. The lowest BCUT2D eigenvalue weighted by atomic mass is 9.47. The number of alkyl halides is 3. The minimum absolute atomic E-state index is 0.0700. The average Bonchev–Trinajstić information content (AvgIpc) is 2.63. The van der Waals surface area contributed by atoms with Gasteiger partial charge in [-0.1, -0.05) is 18.2 Å². The van der Waals surface area contributed by atoms with Crippen molar-refractivity contribution in [3.05, 3.63) is 63.6 Å². The van der Waals surface area contributed by atoms with E-state index in [2.05, 4.69) is 15.3 Å². The topological polar surface area (TPSA) is 59.8 Å². The van der Waals surface area contributed by atoms with Crippen LogP contribution < -0.4 is 10.9 Å². The first kappa shape index (κ1) is 20.9. The second kappa shape index (κ2) is 6.52. The number of rotatable bonds is 5. The van der Waals surface area contributed by atoms with E-state index < -0.39 is 34.6 Å². The Morgan fingerprint density at radius 3 is 2.53 bits per heavy atom. The number of aryl methyl sites for hydroxylation is 1. The summed E-state index contributed by atoms with van der Waals surface area (Å²) in [5.74, 6) is -3.55. The van der Waals surface area contributed by atoms with Crippen LogP contribution in [0.2, 0.25) is 0 Å². The average molecular weight is 446 g/mol. The molecular formula is C23H22F4N4O. The van der Waals surface area contributed by atoms with Gasteiger partial charge in [0.05, 0.1) is 28.0 Å². The molecule has 3 saturated carbocycles. The van der Waals surface area contributed by atoms with Crippen molar-refractivity contribution in [2.45, 2.75) is 63.2 Å². The molecule has 3 fully saturated rings. The van der Waals surface area contributed by atoms with Crippen molar-refractivity contribution in [1.82, 2.24) is 14.5 Å². The smallest absolute Gasteiger partial charge is 0.273 e. The highest BCUT2D eigenvalue weighted by Gasteiger charge is 2.70. The van der Waals surface area contributed by atoms with Crippen molar-refractivity contribution < 1.29 is 17.6 Å². The Hall–Kier alpha value is -2.97. The van der Waals surface area contributed by atoms with Crippen LogP contribution in [0.3, 0.4) is 0 Å². The summed E-state index contributed by atoms with van der Waals surface area (Å²) in [5.41, 5.74) is -2.14.